The van der Waals surface area contributed by atoms with Crippen molar-refractivity contribution in [3.8, 4) is 0 Å². The number of pyridine rings is 1. The third-order valence-corrected chi connectivity index (χ3v) is 3.75. The van der Waals surface area contributed by atoms with E-state index in [0.717, 1.165) is 16.9 Å². The largest absolute Gasteiger partial charge is 0.355 e. The Morgan fingerprint density at radius 3 is 2.58 bits per heavy atom. The molecule has 0 fully saturated rings. The van der Waals surface area contributed by atoms with E-state index in [2.05, 4.69) is 15.6 Å². The van der Waals surface area contributed by atoms with Gasteiger partial charge in [-0.25, -0.2) is 0 Å². The standard InChI is InChI=1S/C19H16ClN3O/c1-13-5-4-6-14(11-13)22-15-9-10-21-18(12-15)19(24)23-17-8-3-2-7-16(17)20/h2-12H,1H3,(H,21,22)(H,23,24). The summed E-state index contributed by atoms with van der Waals surface area (Å²) in [7, 11) is 0. The van der Waals surface area contributed by atoms with Gasteiger partial charge >= 0.3 is 0 Å². The minimum absolute atomic E-state index is 0.309. The summed E-state index contributed by atoms with van der Waals surface area (Å²) in [6, 6.07) is 18.6. The van der Waals surface area contributed by atoms with Crippen molar-refractivity contribution in [1.82, 2.24) is 4.98 Å². The van der Waals surface area contributed by atoms with Gasteiger partial charge in [-0.15, -0.1) is 0 Å². The lowest BCUT2D eigenvalue weighted by Gasteiger charge is -2.09. The Morgan fingerprint density at radius 2 is 1.79 bits per heavy atom. The second-order valence-electron chi connectivity index (χ2n) is 5.36. The first kappa shape index (κ1) is 16.0. The fraction of sp³-hybridized carbons (Fsp3) is 0.0526. The Labute approximate surface area is 145 Å². The number of hydrogen-bond acceptors (Lipinski definition) is 3. The summed E-state index contributed by atoms with van der Waals surface area (Å²) in [6.07, 6.45) is 1.60. The van der Waals surface area contributed by atoms with Crippen molar-refractivity contribution in [2.45, 2.75) is 6.92 Å². The predicted molar refractivity (Wildman–Crippen MR) is 98.1 cm³/mol. The maximum absolute atomic E-state index is 12.4. The summed E-state index contributed by atoms with van der Waals surface area (Å²) in [5.41, 5.74) is 3.78. The molecular weight excluding hydrogens is 322 g/mol. The van der Waals surface area contributed by atoms with Crippen LogP contribution < -0.4 is 10.6 Å². The number of amides is 1. The number of nitrogens with zero attached hydrogens (tertiary/aromatic N) is 1. The molecule has 2 N–H and O–H groups in total. The van der Waals surface area contributed by atoms with Gasteiger partial charge in [-0.2, -0.15) is 0 Å². The van der Waals surface area contributed by atoms with Crippen molar-refractivity contribution in [2.75, 3.05) is 10.6 Å². The highest BCUT2D eigenvalue weighted by atomic mass is 35.5. The van der Waals surface area contributed by atoms with Gasteiger partial charge in [-0.1, -0.05) is 35.9 Å². The first-order valence-corrected chi connectivity index (χ1v) is 7.85. The van der Waals surface area contributed by atoms with Crippen molar-refractivity contribution in [3.63, 3.8) is 0 Å². The van der Waals surface area contributed by atoms with Gasteiger partial charge in [0.2, 0.25) is 0 Å². The zero-order valence-electron chi connectivity index (χ0n) is 13.1. The van der Waals surface area contributed by atoms with Gasteiger partial charge in [-0.05, 0) is 48.9 Å². The third-order valence-electron chi connectivity index (χ3n) is 3.42. The molecule has 120 valence electrons. The third kappa shape index (κ3) is 3.91. The Kier molecular flexibility index (Phi) is 4.77. The fourth-order valence-electron chi connectivity index (χ4n) is 2.27. The molecule has 1 amide bonds. The van der Waals surface area contributed by atoms with Crippen LogP contribution in [-0.4, -0.2) is 10.9 Å². The molecule has 0 spiro atoms. The lowest BCUT2D eigenvalue weighted by molar-refractivity contribution is 0.102. The molecule has 3 rings (SSSR count). The first-order valence-electron chi connectivity index (χ1n) is 7.47. The molecule has 1 heterocycles. The number of halogens is 1. The lowest BCUT2D eigenvalue weighted by Crippen LogP contribution is -2.14. The monoisotopic (exact) mass is 337 g/mol. The number of para-hydroxylation sites is 1. The average molecular weight is 338 g/mol. The molecule has 4 nitrogen and oxygen atoms in total. The molecule has 0 aliphatic carbocycles. The molecule has 0 aliphatic heterocycles. The Balaban J connectivity index is 1.77. The smallest absolute Gasteiger partial charge is 0.274 e. The second kappa shape index (κ2) is 7.15. The minimum atomic E-state index is -0.309. The molecule has 0 saturated heterocycles. The van der Waals surface area contributed by atoms with E-state index in [1.807, 2.05) is 49.4 Å². The van der Waals surface area contributed by atoms with Crippen LogP contribution in [0.15, 0.2) is 66.9 Å². The lowest BCUT2D eigenvalue weighted by atomic mass is 10.2. The number of rotatable bonds is 4. The quantitative estimate of drug-likeness (QED) is 0.701. The van der Waals surface area contributed by atoms with E-state index in [1.165, 1.54) is 0 Å². The van der Waals surface area contributed by atoms with Crippen molar-refractivity contribution in [1.29, 1.82) is 0 Å². The molecule has 0 saturated carbocycles. The van der Waals surface area contributed by atoms with Gasteiger partial charge < -0.3 is 10.6 Å². The molecule has 5 heteroatoms. The van der Waals surface area contributed by atoms with Crippen LogP contribution in [0, 0.1) is 6.92 Å². The Morgan fingerprint density at radius 1 is 1.00 bits per heavy atom. The fourth-order valence-corrected chi connectivity index (χ4v) is 2.45. The van der Waals surface area contributed by atoms with E-state index in [-0.39, 0.29) is 5.91 Å². The van der Waals surface area contributed by atoms with E-state index in [4.69, 9.17) is 11.6 Å². The van der Waals surface area contributed by atoms with Gasteiger partial charge in [0.25, 0.3) is 5.91 Å². The highest BCUT2D eigenvalue weighted by Gasteiger charge is 2.10. The van der Waals surface area contributed by atoms with Gasteiger partial charge in [0.15, 0.2) is 0 Å². The van der Waals surface area contributed by atoms with Gasteiger partial charge in [-0.3, -0.25) is 9.78 Å². The average Bonchev–Trinajstić information content (AvgIpc) is 2.57. The van der Waals surface area contributed by atoms with Gasteiger partial charge in [0.1, 0.15) is 5.69 Å². The number of anilines is 3. The van der Waals surface area contributed by atoms with E-state index in [9.17, 15) is 4.79 Å². The van der Waals surface area contributed by atoms with Crippen LogP contribution >= 0.6 is 11.6 Å². The number of aryl methyl sites for hydroxylation is 1. The molecule has 24 heavy (non-hydrogen) atoms. The van der Waals surface area contributed by atoms with Crippen LogP contribution in [0.2, 0.25) is 5.02 Å². The second-order valence-corrected chi connectivity index (χ2v) is 5.77. The molecule has 0 aliphatic rings. The number of carbonyl (C=O) groups excluding carboxylic acids is 1. The van der Waals surface area contributed by atoms with Crippen LogP contribution in [0.3, 0.4) is 0 Å². The molecule has 3 aromatic rings. The van der Waals surface area contributed by atoms with Gasteiger partial charge in [0, 0.05) is 17.6 Å². The summed E-state index contributed by atoms with van der Waals surface area (Å²) in [5.74, 6) is -0.309. The molecule has 1 aromatic heterocycles. The topological polar surface area (TPSA) is 54.0 Å². The van der Waals surface area contributed by atoms with Crippen LogP contribution in [0.4, 0.5) is 17.1 Å². The highest BCUT2D eigenvalue weighted by molar-refractivity contribution is 6.33. The summed E-state index contributed by atoms with van der Waals surface area (Å²) in [4.78, 5) is 16.5. The number of hydrogen-bond donors (Lipinski definition) is 2. The SMILES string of the molecule is Cc1cccc(Nc2ccnc(C(=O)Nc3ccccc3Cl)c2)c1. The predicted octanol–water partition coefficient (Wildman–Crippen LogP) is 5.04. The van der Waals surface area contributed by atoms with Crippen molar-refractivity contribution < 1.29 is 4.79 Å². The number of aromatic nitrogens is 1. The molecule has 0 atom stereocenters. The Bertz CT molecular complexity index is 880. The number of benzene rings is 2. The van der Waals surface area contributed by atoms with Gasteiger partial charge in [0.05, 0.1) is 10.7 Å². The van der Waals surface area contributed by atoms with Crippen molar-refractivity contribution in [2.24, 2.45) is 0 Å². The summed E-state index contributed by atoms with van der Waals surface area (Å²) in [6.45, 7) is 2.03. The summed E-state index contributed by atoms with van der Waals surface area (Å²) < 4.78 is 0. The van der Waals surface area contributed by atoms with Crippen LogP contribution in [-0.2, 0) is 0 Å². The van der Waals surface area contributed by atoms with Crippen LogP contribution in [0.1, 0.15) is 16.1 Å². The zero-order chi connectivity index (χ0) is 16.9. The maximum Gasteiger partial charge on any atom is 0.274 e. The molecule has 0 bridgehead atoms. The highest BCUT2D eigenvalue weighted by Crippen LogP contribution is 2.22. The molecule has 2 aromatic carbocycles. The minimum Gasteiger partial charge on any atom is -0.355 e. The number of carbonyl (C=O) groups is 1. The maximum atomic E-state index is 12.4. The molecular formula is C19H16ClN3O. The van der Waals surface area contributed by atoms with Crippen molar-refractivity contribution >= 4 is 34.6 Å². The first-order chi connectivity index (χ1) is 11.6. The van der Waals surface area contributed by atoms with E-state index in [0.29, 0.717) is 16.4 Å². The zero-order valence-corrected chi connectivity index (χ0v) is 13.8. The number of nitrogens with one attached hydrogen (secondary N) is 2. The van der Waals surface area contributed by atoms with Crippen molar-refractivity contribution in [3.05, 3.63) is 83.1 Å². The van der Waals surface area contributed by atoms with E-state index >= 15 is 0 Å². The Hall–Kier alpha value is -2.85. The van der Waals surface area contributed by atoms with E-state index in [1.54, 1.807) is 24.4 Å². The van der Waals surface area contributed by atoms with E-state index < -0.39 is 0 Å². The van der Waals surface area contributed by atoms with Crippen LogP contribution in [0.5, 0.6) is 0 Å². The summed E-state index contributed by atoms with van der Waals surface area (Å²) >= 11 is 6.06. The molecule has 0 unspecified atom stereocenters. The molecule has 0 radical (unpaired) electrons. The summed E-state index contributed by atoms with van der Waals surface area (Å²) in [5, 5.41) is 6.52. The normalized spacial score (nSPS) is 10.2. The van der Waals surface area contributed by atoms with Crippen LogP contribution in [0.25, 0.3) is 0 Å².